The van der Waals surface area contributed by atoms with E-state index in [4.69, 9.17) is 4.74 Å². The fourth-order valence-corrected chi connectivity index (χ4v) is 2.89. The average molecular weight is 326 g/mol. The molecule has 122 valence electrons. The van der Waals surface area contributed by atoms with E-state index in [1.54, 1.807) is 0 Å². The van der Waals surface area contributed by atoms with E-state index in [1.165, 1.54) is 0 Å². The van der Waals surface area contributed by atoms with Crippen molar-refractivity contribution in [1.82, 2.24) is 15.5 Å². The Bertz CT molecular complexity index is 467. The van der Waals surface area contributed by atoms with Gasteiger partial charge in [-0.1, -0.05) is 18.2 Å². The Morgan fingerprint density at radius 3 is 2.86 bits per heavy atom. The van der Waals surface area contributed by atoms with Gasteiger partial charge in [-0.15, -0.1) is 12.4 Å². The van der Waals surface area contributed by atoms with Crippen molar-refractivity contribution in [3.63, 3.8) is 0 Å². The van der Waals surface area contributed by atoms with Gasteiger partial charge in [0.05, 0.1) is 0 Å². The van der Waals surface area contributed by atoms with Gasteiger partial charge in [-0.3, -0.25) is 4.79 Å². The van der Waals surface area contributed by atoms with Gasteiger partial charge in [0.1, 0.15) is 5.75 Å². The molecule has 1 fully saturated rings. The monoisotopic (exact) mass is 325 g/mol. The van der Waals surface area contributed by atoms with Crippen LogP contribution < -0.4 is 15.4 Å². The molecule has 1 aromatic rings. The predicted molar refractivity (Wildman–Crippen MR) is 88.7 cm³/mol. The lowest BCUT2D eigenvalue weighted by atomic mass is 10.1. The summed E-state index contributed by atoms with van der Waals surface area (Å²) in [5.74, 6) is 0.852. The molecular formula is C16H24ClN3O2. The molecule has 22 heavy (non-hydrogen) atoms. The van der Waals surface area contributed by atoms with Gasteiger partial charge in [0.2, 0.25) is 0 Å². The maximum absolute atomic E-state index is 12.1. The van der Waals surface area contributed by atoms with Crippen LogP contribution in [0.25, 0.3) is 0 Å². The summed E-state index contributed by atoms with van der Waals surface area (Å²) < 4.78 is 5.69. The van der Waals surface area contributed by atoms with Crippen LogP contribution in [0.15, 0.2) is 24.3 Å². The Hall–Kier alpha value is -1.30. The van der Waals surface area contributed by atoms with Crippen LogP contribution in [-0.2, 0) is 11.2 Å². The molecule has 2 aliphatic rings. The minimum atomic E-state index is -0.360. The van der Waals surface area contributed by atoms with Crippen LogP contribution in [0.3, 0.4) is 0 Å². The van der Waals surface area contributed by atoms with E-state index in [9.17, 15) is 4.79 Å². The van der Waals surface area contributed by atoms with Crippen LogP contribution >= 0.6 is 12.4 Å². The molecule has 0 bridgehead atoms. The molecule has 2 heterocycles. The second-order valence-electron chi connectivity index (χ2n) is 5.65. The third-order valence-electron chi connectivity index (χ3n) is 4.10. The number of hydrogen-bond acceptors (Lipinski definition) is 4. The molecule has 1 amide bonds. The van der Waals surface area contributed by atoms with Gasteiger partial charge in [0, 0.05) is 39.1 Å². The first-order valence-corrected chi connectivity index (χ1v) is 7.78. The van der Waals surface area contributed by atoms with Gasteiger partial charge in [0.25, 0.3) is 5.91 Å². The van der Waals surface area contributed by atoms with Crippen LogP contribution in [0.4, 0.5) is 0 Å². The highest BCUT2D eigenvalue weighted by molar-refractivity contribution is 5.85. The Labute approximate surface area is 137 Å². The number of halogens is 1. The molecule has 1 saturated heterocycles. The number of piperazine rings is 1. The van der Waals surface area contributed by atoms with Crippen LogP contribution in [0.1, 0.15) is 12.0 Å². The van der Waals surface area contributed by atoms with Crippen molar-refractivity contribution in [3.05, 3.63) is 29.8 Å². The topological polar surface area (TPSA) is 53.6 Å². The van der Waals surface area contributed by atoms with E-state index in [-0.39, 0.29) is 24.4 Å². The van der Waals surface area contributed by atoms with Crippen molar-refractivity contribution in [2.75, 3.05) is 39.3 Å². The number of amides is 1. The van der Waals surface area contributed by atoms with E-state index in [0.717, 1.165) is 57.0 Å². The number of ether oxygens (including phenoxy) is 1. The van der Waals surface area contributed by atoms with Crippen molar-refractivity contribution in [2.45, 2.75) is 18.9 Å². The Morgan fingerprint density at radius 1 is 1.32 bits per heavy atom. The second kappa shape index (κ2) is 8.36. The van der Waals surface area contributed by atoms with Gasteiger partial charge in [-0.2, -0.15) is 0 Å². The Morgan fingerprint density at radius 2 is 2.09 bits per heavy atom. The predicted octanol–water partition coefficient (Wildman–Crippen LogP) is 0.823. The lowest BCUT2D eigenvalue weighted by molar-refractivity contribution is -0.127. The van der Waals surface area contributed by atoms with Gasteiger partial charge >= 0.3 is 0 Å². The molecule has 1 aromatic carbocycles. The lowest BCUT2D eigenvalue weighted by Crippen LogP contribution is -2.44. The van der Waals surface area contributed by atoms with Crippen molar-refractivity contribution >= 4 is 18.3 Å². The zero-order chi connectivity index (χ0) is 14.5. The molecule has 1 atom stereocenters. The molecule has 0 aliphatic carbocycles. The molecule has 2 N–H and O–H groups in total. The van der Waals surface area contributed by atoms with Crippen LogP contribution in [0, 0.1) is 0 Å². The fourth-order valence-electron chi connectivity index (χ4n) is 2.89. The normalized spacial score (nSPS) is 20.6. The van der Waals surface area contributed by atoms with E-state index in [0.29, 0.717) is 6.42 Å². The molecular weight excluding hydrogens is 302 g/mol. The summed E-state index contributed by atoms with van der Waals surface area (Å²) in [6, 6.07) is 7.86. The maximum Gasteiger partial charge on any atom is 0.261 e. The number of para-hydroxylation sites is 1. The zero-order valence-corrected chi connectivity index (χ0v) is 13.5. The second-order valence-corrected chi connectivity index (χ2v) is 5.65. The first kappa shape index (κ1) is 17.1. The first-order valence-electron chi connectivity index (χ1n) is 7.78. The molecule has 1 unspecified atom stereocenters. The molecule has 0 spiro atoms. The largest absolute Gasteiger partial charge is 0.480 e. The zero-order valence-electron chi connectivity index (χ0n) is 12.7. The molecule has 2 aliphatic heterocycles. The number of fused-ring (bicyclic) bond motifs is 1. The highest BCUT2D eigenvalue weighted by Crippen LogP contribution is 2.27. The van der Waals surface area contributed by atoms with Gasteiger partial charge in [0.15, 0.2) is 6.10 Å². The molecule has 0 radical (unpaired) electrons. The van der Waals surface area contributed by atoms with E-state index < -0.39 is 0 Å². The van der Waals surface area contributed by atoms with E-state index >= 15 is 0 Å². The van der Waals surface area contributed by atoms with E-state index in [2.05, 4.69) is 15.5 Å². The van der Waals surface area contributed by atoms with Gasteiger partial charge < -0.3 is 20.3 Å². The molecule has 3 rings (SSSR count). The summed E-state index contributed by atoms with van der Waals surface area (Å²) >= 11 is 0. The molecule has 0 saturated carbocycles. The average Bonchev–Trinajstić information content (AvgIpc) is 2.96. The highest BCUT2D eigenvalue weighted by Gasteiger charge is 2.28. The maximum atomic E-state index is 12.1. The van der Waals surface area contributed by atoms with Crippen LogP contribution in [0.5, 0.6) is 5.75 Å². The minimum absolute atomic E-state index is 0. The summed E-state index contributed by atoms with van der Waals surface area (Å²) in [6.45, 7) is 6.12. The Kier molecular flexibility index (Phi) is 6.49. The van der Waals surface area contributed by atoms with Crippen molar-refractivity contribution < 1.29 is 9.53 Å². The number of carbonyl (C=O) groups is 1. The van der Waals surface area contributed by atoms with Crippen LogP contribution in [0.2, 0.25) is 0 Å². The minimum Gasteiger partial charge on any atom is -0.480 e. The molecule has 6 heteroatoms. The smallest absolute Gasteiger partial charge is 0.261 e. The highest BCUT2D eigenvalue weighted by atomic mass is 35.5. The van der Waals surface area contributed by atoms with E-state index in [1.807, 2.05) is 24.3 Å². The third-order valence-corrected chi connectivity index (χ3v) is 4.10. The van der Waals surface area contributed by atoms with Gasteiger partial charge in [-0.25, -0.2) is 0 Å². The number of rotatable bonds is 5. The summed E-state index contributed by atoms with van der Waals surface area (Å²) in [5, 5.41) is 6.33. The summed E-state index contributed by atoms with van der Waals surface area (Å²) in [6.07, 6.45) is 1.31. The number of carbonyl (C=O) groups excluding carboxylic acids is 1. The lowest BCUT2D eigenvalue weighted by Gasteiger charge is -2.27. The number of benzene rings is 1. The number of nitrogens with zero attached hydrogens (tertiary/aromatic N) is 1. The molecule has 0 aromatic heterocycles. The third kappa shape index (κ3) is 4.35. The first-order chi connectivity index (χ1) is 10.3. The van der Waals surface area contributed by atoms with Gasteiger partial charge in [-0.05, 0) is 24.6 Å². The Balaban J connectivity index is 0.00000176. The number of nitrogens with one attached hydrogen (secondary N) is 2. The number of hydrogen-bond donors (Lipinski definition) is 2. The summed E-state index contributed by atoms with van der Waals surface area (Å²) in [4.78, 5) is 14.5. The standard InChI is InChI=1S/C16H23N3O2.ClH/c20-16(15-12-13-4-1-2-5-14(13)21-15)18-6-3-9-19-10-7-17-8-11-19;/h1-2,4-5,15,17H,3,6-12H2,(H,18,20);1H. The SMILES string of the molecule is Cl.O=C(NCCCN1CCNCC1)C1Cc2ccccc2O1. The fraction of sp³-hybridized carbons (Fsp3) is 0.562. The van der Waals surface area contributed by atoms with Crippen molar-refractivity contribution in [2.24, 2.45) is 0 Å². The van der Waals surface area contributed by atoms with Crippen molar-refractivity contribution in [1.29, 1.82) is 0 Å². The van der Waals surface area contributed by atoms with Crippen molar-refractivity contribution in [3.8, 4) is 5.75 Å². The quantitative estimate of drug-likeness (QED) is 0.787. The molecule has 5 nitrogen and oxygen atoms in total. The van der Waals surface area contributed by atoms with Crippen LogP contribution in [-0.4, -0.2) is 56.2 Å². The summed E-state index contributed by atoms with van der Waals surface area (Å²) in [5.41, 5.74) is 1.12. The summed E-state index contributed by atoms with van der Waals surface area (Å²) in [7, 11) is 0.